The molecule has 0 aliphatic carbocycles. The summed E-state index contributed by atoms with van der Waals surface area (Å²) in [6, 6.07) is 7.63. The lowest BCUT2D eigenvalue weighted by atomic mass is 10.3. The van der Waals surface area contributed by atoms with Gasteiger partial charge >= 0.3 is 0 Å². The van der Waals surface area contributed by atoms with Crippen molar-refractivity contribution >= 4 is 21.8 Å². The molecular weight excluding hydrogens is 258 g/mol. The maximum Gasteiger partial charge on any atom is 0.217 e. The van der Waals surface area contributed by atoms with Crippen molar-refractivity contribution in [3.05, 3.63) is 28.7 Å². The van der Waals surface area contributed by atoms with Gasteiger partial charge in [-0.1, -0.05) is 12.1 Å². The number of carbonyl (C=O) groups excluding carboxylic acids is 1. The second-order valence-corrected chi connectivity index (χ2v) is 4.20. The summed E-state index contributed by atoms with van der Waals surface area (Å²) in [6.45, 7) is 3.86. The van der Waals surface area contributed by atoms with E-state index in [1.54, 1.807) is 0 Å². The Bertz CT molecular complexity index is 341. The van der Waals surface area contributed by atoms with Crippen LogP contribution in [-0.4, -0.2) is 18.6 Å². The average Bonchev–Trinajstić information content (AvgIpc) is 2.15. The summed E-state index contributed by atoms with van der Waals surface area (Å²) in [5.74, 6) is 0.743. The average molecular weight is 272 g/mol. The first kappa shape index (κ1) is 12.0. The molecule has 3 nitrogen and oxygen atoms in total. The van der Waals surface area contributed by atoms with E-state index >= 15 is 0 Å². The van der Waals surface area contributed by atoms with Crippen LogP contribution in [0.2, 0.25) is 0 Å². The summed E-state index contributed by atoms with van der Waals surface area (Å²) in [6.07, 6.45) is 0. The van der Waals surface area contributed by atoms with E-state index in [1.165, 1.54) is 6.92 Å². The van der Waals surface area contributed by atoms with Crippen LogP contribution in [0.1, 0.15) is 13.8 Å². The van der Waals surface area contributed by atoms with Crippen LogP contribution in [-0.2, 0) is 4.79 Å². The Kier molecular flexibility index (Phi) is 4.62. The fourth-order valence-electron chi connectivity index (χ4n) is 1.17. The van der Waals surface area contributed by atoms with Crippen molar-refractivity contribution < 1.29 is 9.53 Å². The van der Waals surface area contributed by atoms with Gasteiger partial charge in [-0.15, -0.1) is 0 Å². The van der Waals surface area contributed by atoms with Gasteiger partial charge in [0.15, 0.2) is 0 Å². The summed E-state index contributed by atoms with van der Waals surface area (Å²) in [5.41, 5.74) is 0. The molecule has 0 aliphatic rings. The summed E-state index contributed by atoms with van der Waals surface area (Å²) < 4.78 is 6.45. The lowest BCUT2D eigenvalue weighted by Gasteiger charge is -2.14. The molecule has 0 heterocycles. The molecule has 4 heteroatoms. The van der Waals surface area contributed by atoms with Crippen molar-refractivity contribution in [2.45, 2.75) is 19.9 Å². The fraction of sp³-hybridized carbons (Fsp3) is 0.364. The van der Waals surface area contributed by atoms with Gasteiger partial charge < -0.3 is 10.1 Å². The molecule has 0 saturated carbocycles. The lowest BCUT2D eigenvalue weighted by Crippen LogP contribution is -2.35. The van der Waals surface area contributed by atoms with E-state index in [0.717, 1.165) is 10.2 Å². The Balaban J connectivity index is 2.43. The second kappa shape index (κ2) is 5.75. The maximum atomic E-state index is 10.8. The van der Waals surface area contributed by atoms with E-state index in [4.69, 9.17) is 4.74 Å². The van der Waals surface area contributed by atoms with Gasteiger partial charge in [-0.2, -0.15) is 0 Å². The lowest BCUT2D eigenvalue weighted by molar-refractivity contribution is -0.119. The smallest absolute Gasteiger partial charge is 0.217 e. The first-order valence-electron chi connectivity index (χ1n) is 4.74. The third-order valence-corrected chi connectivity index (χ3v) is 2.43. The molecule has 1 atom stereocenters. The molecule has 0 aliphatic heterocycles. The van der Waals surface area contributed by atoms with Gasteiger partial charge in [0.05, 0.1) is 10.5 Å². The van der Waals surface area contributed by atoms with E-state index in [-0.39, 0.29) is 11.9 Å². The monoisotopic (exact) mass is 271 g/mol. The van der Waals surface area contributed by atoms with E-state index < -0.39 is 0 Å². The predicted octanol–water partition coefficient (Wildman–Crippen LogP) is 2.35. The minimum absolute atomic E-state index is 0.00889. The van der Waals surface area contributed by atoms with Gasteiger partial charge in [-0.25, -0.2) is 0 Å². The number of halogens is 1. The van der Waals surface area contributed by atoms with Crippen LogP contribution in [0, 0.1) is 0 Å². The molecule has 1 aromatic rings. The van der Waals surface area contributed by atoms with Crippen LogP contribution in [0.3, 0.4) is 0 Å². The molecule has 0 aromatic heterocycles. The molecule has 1 amide bonds. The number of para-hydroxylation sites is 1. The van der Waals surface area contributed by atoms with Crippen LogP contribution >= 0.6 is 15.9 Å². The number of hydrogen-bond acceptors (Lipinski definition) is 2. The Morgan fingerprint density at radius 1 is 1.53 bits per heavy atom. The molecule has 0 spiro atoms. The van der Waals surface area contributed by atoms with E-state index in [0.29, 0.717) is 6.61 Å². The molecule has 82 valence electrons. The maximum absolute atomic E-state index is 10.8. The van der Waals surface area contributed by atoms with Crippen LogP contribution in [0.25, 0.3) is 0 Å². The number of hydrogen-bond donors (Lipinski definition) is 1. The Morgan fingerprint density at radius 2 is 2.20 bits per heavy atom. The topological polar surface area (TPSA) is 38.3 Å². The van der Waals surface area contributed by atoms with Gasteiger partial charge in [0, 0.05) is 6.92 Å². The van der Waals surface area contributed by atoms with Crippen molar-refractivity contribution in [2.24, 2.45) is 0 Å². The van der Waals surface area contributed by atoms with Crippen LogP contribution in [0.5, 0.6) is 5.75 Å². The number of rotatable bonds is 4. The molecule has 0 radical (unpaired) electrons. The molecule has 1 N–H and O–H groups in total. The Morgan fingerprint density at radius 3 is 2.80 bits per heavy atom. The second-order valence-electron chi connectivity index (χ2n) is 3.34. The molecule has 15 heavy (non-hydrogen) atoms. The molecule has 1 unspecified atom stereocenters. The minimum atomic E-state index is -0.0433. The molecule has 0 saturated heterocycles. The Hall–Kier alpha value is -1.03. The zero-order valence-electron chi connectivity index (χ0n) is 8.79. The first-order chi connectivity index (χ1) is 7.09. The highest BCUT2D eigenvalue weighted by Gasteiger charge is 2.05. The van der Waals surface area contributed by atoms with E-state index in [1.807, 2.05) is 31.2 Å². The number of benzene rings is 1. The highest BCUT2D eigenvalue weighted by molar-refractivity contribution is 9.10. The van der Waals surface area contributed by atoms with Crippen LogP contribution in [0.4, 0.5) is 0 Å². The van der Waals surface area contributed by atoms with Crippen molar-refractivity contribution in [2.75, 3.05) is 6.61 Å². The number of amides is 1. The van der Waals surface area contributed by atoms with E-state index in [2.05, 4.69) is 21.2 Å². The number of nitrogens with one attached hydrogen (secondary N) is 1. The van der Waals surface area contributed by atoms with Crippen molar-refractivity contribution in [3.63, 3.8) is 0 Å². The zero-order valence-corrected chi connectivity index (χ0v) is 10.4. The molecule has 0 bridgehead atoms. The van der Waals surface area contributed by atoms with Crippen molar-refractivity contribution in [1.82, 2.24) is 5.32 Å². The van der Waals surface area contributed by atoms with Crippen LogP contribution in [0.15, 0.2) is 28.7 Å². The summed E-state index contributed by atoms with van der Waals surface area (Å²) in [5, 5.41) is 2.75. The molecule has 1 aromatic carbocycles. The standard InChI is InChI=1S/C11H14BrNO2/c1-8(13-9(2)14)7-15-11-6-4-3-5-10(11)12/h3-6,8H,7H2,1-2H3,(H,13,14). The van der Waals surface area contributed by atoms with Crippen LogP contribution < -0.4 is 10.1 Å². The van der Waals surface area contributed by atoms with Gasteiger partial charge in [-0.05, 0) is 35.0 Å². The quantitative estimate of drug-likeness (QED) is 0.913. The third kappa shape index (κ3) is 4.34. The summed E-state index contributed by atoms with van der Waals surface area (Å²) in [7, 11) is 0. The first-order valence-corrected chi connectivity index (χ1v) is 5.53. The predicted molar refractivity (Wildman–Crippen MR) is 62.9 cm³/mol. The van der Waals surface area contributed by atoms with Crippen molar-refractivity contribution in [1.29, 1.82) is 0 Å². The molecule has 0 fully saturated rings. The normalized spacial score (nSPS) is 11.9. The van der Waals surface area contributed by atoms with Gasteiger partial charge in [0.1, 0.15) is 12.4 Å². The third-order valence-electron chi connectivity index (χ3n) is 1.78. The summed E-state index contributed by atoms with van der Waals surface area (Å²) in [4.78, 5) is 10.8. The summed E-state index contributed by atoms with van der Waals surface area (Å²) >= 11 is 3.38. The Labute approximate surface area is 97.9 Å². The van der Waals surface area contributed by atoms with Gasteiger partial charge in [-0.3, -0.25) is 4.79 Å². The highest BCUT2D eigenvalue weighted by atomic mass is 79.9. The minimum Gasteiger partial charge on any atom is -0.490 e. The van der Waals surface area contributed by atoms with Crippen molar-refractivity contribution in [3.8, 4) is 5.75 Å². The SMILES string of the molecule is CC(=O)NC(C)COc1ccccc1Br. The number of ether oxygens (including phenoxy) is 1. The van der Waals surface area contributed by atoms with Gasteiger partial charge in [0.25, 0.3) is 0 Å². The fourth-order valence-corrected chi connectivity index (χ4v) is 1.56. The zero-order chi connectivity index (χ0) is 11.3. The number of carbonyl (C=O) groups is 1. The largest absolute Gasteiger partial charge is 0.490 e. The molecule has 1 rings (SSSR count). The van der Waals surface area contributed by atoms with Gasteiger partial charge in [0.2, 0.25) is 5.91 Å². The molecular formula is C11H14BrNO2. The highest BCUT2D eigenvalue weighted by Crippen LogP contribution is 2.23. The van der Waals surface area contributed by atoms with E-state index in [9.17, 15) is 4.79 Å².